The Morgan fingerprint density at radius 3 is 2.57 bits per heavy atom. The van der Waals surface area contributed by atoms with Crippen LogP contribution < -0.4 is 14.8 Å². The van der Waals surface area contributed by atoms with Gasteiger partial charge in [0, 0.05) is 5.56 Å². The first-order chi connectivity index (χ1) is 10.2. The largest absolute Gasteiger partial charge is 0.497 e. The number of benzene rings is 2. The second-order valence-corrected chi connectivity index (χ2v) is 4.13. The van der Waals surface area contributed by atoms with Crippen LogP contribution in [0.2, 0.25) is 0 Å². The normalized spacial score (nSPS) is 9.52. The predicted octanol–water partition coefficient (Wildman–Crippen LogP) is 2.85. The van der Waals surface area contributed by atoms with Gasteiger partial charge in [-0.15, -0.1) is 0 Å². The van der Waals surface area contributed by atoms with Gasteiger partial charge in [0.05, 0.1) is 12.8 Å². The van der Waals surface area contributed by atoms with Crippen LogP contribution in [0.5, 0.6) is 11.5 Å². The summed E-state index contributed by atoms with van der Waals surface area (Å²) in [4.78, 5) is 12.2. The number of nitrogens with one attached hydrogen (secondary N) is 1. The average Bonchev–Trinajstić information content (AvgIpc) is 2.54. The number of carbonyl (C=O) groups excluding carboxylic acids is 1. The molecule has 0 heterocycles. The maximum Gasteiger partial charge on any atom is 0.255 e. The average molecular weight is 282 g/mol. The Labute approximate surface area is 122 Å². The highest BCUT2D eigenvalue weighted by Gasteiger charge is 2.09. The van der Waals surface area contributed by atoms with E-state index in [0.29, 0.717) is 22.7 Å². The molecule has 5 heteroatoms. The molecule has 1 amide bonds. The van der Waals surface area contributed by atoms with Crippen molar-refractivity contribution in [3.8, 4) is 17.6 Å². The van der Waals surface area contributed by atoms with E-state index in [-0.39, 0.29) is 12.5 Å². The van der Waals surface area contributed by atoms with Crippen molar-refractivity contribution >= 4 is 11.6 Å². The molecule has 0 aliphatic carbocycles. The van der Waals surface area contributed by atoms with E-state index in [1.54, 1.807) is 55.6 Å². The summed E-state index contributed by atoms with van der Waals surface area (Å²) < 4.78 is 10.3. The third-order valence-corrected chi connectivity index (χ3v) is 2.78. The smallest absolute Gasteiger partial charge is 0.255 e. The predicted molar refractivity (Wildman–Crippen MR) is 78.5 cm³/mol. The summed E-state index contributed by atoms with van der Waals surface area (Å²) in [7, 11) is 1.57. The van der Waals surface area contributed by atoms with Crippen molar-refractivity contribution in [3.05, 3.63) is 54.1 Å². The summed E-state index contributed by atoms with van der Waals surface area (Å²) in [6.45, 7) is -0.0740. The topological polar surface area (TPSA) is 71.3 Å². The van der Waals surface area contributed by atoms with E-state index < -0.39 is 0 Å². The van der Waals surface area contributed by atoms with Crippen LogP contribution in [-0.2, 0) is 0 Å². The van der Waals surface area contributed by atoms with Crippen molar-refractivity contribution in [2.75, 3.05) is 19.0 Å². The summed E-state index contributed by atoms with van der Waals surface area (Å²) in [5.74, 6) is 0.885. The molecule has 1 N–H and O–H groups in total. The zero-order valence-electron chi connectivity index (χ0n) is 11.5. The third kappa shape index (κ3) is 3.74. The zero-order valence-corrected chi connectivity index (χ0v) is 11.5. The molecule has 0 saturated heterocycles. The van der Waals surface area contributed by atoms with E-state index in [4.69, 9.17) is 14.7 Å². The van der Waals surface area contributed by atoms with Gasteiger partial charge in [-0.3, -0.25) is 4.79 Å². The number of anilines is 1. The lowest BCUT2D eigenvalue weighted by Crippen LogP contribution is -2.12. The Bertz CT molecular complexity index is 660. The van der Waals surface area contributed by atoms with Gasteiger partial charge in [0.2, 0.25) is 0 Å². The van der Waals surface area contributed by atoms with Crippen molar-refractivity contribution in [1.82, 2.24) is 0 Å². The molecule has 0 unspecified atom stereocenters. The molecule has 0 bridgehead atoms. The molecule has 0 aliphatic rings. The lowest BCUT2D eigenvalue weighted by molar-refractivity contribution is 0.102. The lowest BCUT2D eigenvalue weighted by Gasteiger charge is -2.10. The van der Waals surface area contributed by atoms with Gasteiger partial charge in [0.1, 0.15) is 17.6 Å². The number of amides is 1. The van der Waals surface area contributed by atoms with E-state index in [2.05, 4.69) is 5.32 Å². The second-order valence-electron chi connectivity index (χ2n) is 4.13. The summed E-state index contributed by atoms with van der Waals surface area (Å²) >= 11 is 0. The molecule has 21 heavy (non-hydrogen) atoms. The fourth-order valence-electron chi connectivity index (χ4n) is 1.74. The maximum absolute atomic E-state index is 12.2. The third-order valence-electron chi connectivity index (χ3n) is 2.78. The lowest BCUT2D eigenvalue weighted by atomic mass is 10.2. The minimum atomic E-state index is -0.259. The highest BCUT2D eigenvalue weighted by molar-refractivity contribution is 6.05. The van der Waals surface area contributed by atoms with Gasteiger partial charge in [0.25, 0.3) is 5.91 Å². The number of ether oxygens (including phenoxy) is 2. The molecule has 0 radical (unpaired) electrons. The van der Waals surface area contributed by atoms with E-state index in [1.165, 1.54) is 0 Å². The Morgan fingerprint density at radius 1 is 1.19 bits per heavy atom. The number of carbonyl (C=O) groups is 1. The van der Waals surface area contributed by atoms with Gasteiger partial charge in [-0.1, -0.05) is 12.1 Å². The molecule has 5 nitrogen and oxygen atoms in total. The van der Waals surface area contributed by atoms with E-state index in [0.717, 1.165) is 0 Å². The van der Waals surface area contributed by atoms with Gasteiger partial charge in [-0.2, -0.15) is 5.26 Å². The number of nitriles is 1. The minimum Gasteiger partial charge on any atom is -0.497 e. The number of para-hydroxylation sites is 2. The summed E-state index contributed by atoms with van der Waals surface area (Å²) in [6.07, 6.45) is 0. The molecule has 0 atom stereocenters. The number of nitrogens with zero attached hydrogens (tertiary/aromatic N) is 1. The first-order valence-electron chi connectivity index (χ1n) is 6.29. The van der Waals surface area contributed by atoms with Crippen LogP contribution in [-0.4, -0.2) is 19.6 Å². The Balaban J connectivity index is 2.13. The first kappa shape index (κ1) is 14.4. The van der Waals surface area contributed by atoms with Crippen molar-refractivity contribution < 1.29 is 14.3 Å². The maximum atomic E-state index is 12.2. The summed E-state index contributed by atoms with van der Waals surface area (Å²) in [5, 5.41) is 11.3. The molecular formula is C16H14N2O3. The number of hydrogen-bond acceptors (Lipinski definition) is 4. The number of rotatable bonds is 5. The van der Waals surface area contributed by atoms with Crippen LogP contribution in [0.3, 0.4) is 0 Å². The Hall–Kier alpha value is -3.00. The zero-order chi connectivity index (χ0) is 15.1. The Morgan fingerprint density at radius 2 is 1.90 bits per heavy atom. The molecular weight excluding hydrogens is 268 g/mol. The van der Waals surface area contributed by atoms with Gasteiger partial charge in [-0.05, 0) is 36.4 Å². The SMILES string of the molecule is COc1ccc(C(=O)Nc2ccccc2OCC#N)cc1. The van der Waals surface area contributed by atoms with Crippen LogP contribution in [0.1, 0.15) is 10.4 Å². The molecule has 0 aromatic heterocycles. The van der Waals surface area contributed by atoms with Gasteiger partial charge < -0.3 is 14.8 Å². The highest BCUT2D eigenvalue weighted by Crippen LogP contribution is 2.24. The van der Waals surface area contributed by atoms with E-state index in [9.17, 15) is 4.79 Å². The highest BCUT2D eigenvalue weighted by atomic mass is 16.5. The van der Waals surface area contributed by atoms with Crippen molar-refractivity contribution in [2.45, 2.75) is 0 Å². The fourth-order valence-corrected chi connectivity index (χ4v) is 1.74. The van der Waals surface area contributed by atoms with E-state index in [1.807, 2.05) is 6.07 Å². The van der Waals surface area contributed by atoms with Gasteiger partial charge in [0.15, 0.2) is 6.61 Å². The minimum absolute atomic E-state index is 0.0740. The van der Waals surface area contributed by atoms with Gasteiger partial charge >= 0.3 is 0 Å². The van der Waals surface area contributed by atoms with Crippen LogP contribution in [0.15, 0.2) is 48.5 Å². The quantitative estimate of drug-likeness (QED) is 0.915. The standard InChI is InChI=1S/C16H14N2O3/c1-20-13-8-6-12(7-9-13)16(19)18-14-4-2-3-5-15(14)21-11-10-17/h2-9H,11H2,1H3,(H,18,19). The summed E-state index contributed by atoms with van der Waals surface area (Å²) in [5.41, 5.74) is 1.03. The molecule has 0 fully saturated rings. The van der Waals surface area contributed by atoms with E-state index >= 15 is 0 Å². The molecule has 0 saturated carbocycles. The molecule has 2 rings (SSSR count). The molecule has 2 aromatic rings. The van der Waals surface area contributed by atoms with Crippen molar-refractivity contribution in [1.29, 1.82) is 5.26 Å². The van der Waals surface area contributed by atoms with Crippen molar-refractivity contribution in [3.63, 3.8) is 0 Å². The first-order valence-corrected chi connectivity index (χ1v) is 6.29. The fraction of sp³-hybridized carbons (Fsp3) is 0.125. The van der Waals surface area contributed by atoms with Gasteiger partial charge in [-0.25, -0.2) is 0 Å². The Kier molecular flexibility index (Phi) is 4.78. The van der Waals surface area contributed by atoms with Crippen LogP contribution >= 0.6 is 0 Å². The molecule has 106 valence electrons. The summed E-state index contributed by atoms with van der Waals surface area (Å²) in [6, 6.07) is 15.6. The number of methoxy groups -OCH3 is 1. The van der Waals surface area contributed by atoms with Crippen LogP contribution in [0, 0.1) is 11.3 Å². The molecule has 0 spiro atoms. The molecule has 0 aliphatic heterocycles. The van der Waals surface area contributed by atoms with Crippen LogP contribution in [0.4, 0.5) is 5.69 Å². The second kappa shape index (κ2) is 6.96. The van der Waals surface area contributed by atoms with Crippen molar-refractivity contribution in [2.24, 2.45) is 0 Å². The molecule has 2 aromatic carbocycles. The van der Waals surface area contributed by atoms with Crippen LogP contribution in [0.25, 0.3) is 0 Å². The number of hydrogen-bond donors (Lipinski definition) is 1. The monoisotopic (exact) mass is 282 g/mol.